The maximum absolute atomic E-state index is 12.9. The van der Waals surface area contributed by atoms with Crippen LogP contribution in [-0.4, -0.2) is 110 Å². The summed E-state index contributed by atoms with van der Waals surface area (Å²) >= 11 is 0. The molecule has 1 amide bonds. The van der Waals surface area contributed by atoms with Gasteiger partial charge in [-0.3, -0.25) is 4.79 Å². The summed E-state index contributed by atoms with van der Waals surface area (Å²) in [6.45, 7) is 3.32. The Morgan fingerprint density at radius 2 is 1.24 bits per heavy atom. The van der Waals surface area contributed by atoms with Gasteiger partial charge in [0.05, 0.1) is 25.4 Å². The Bertz CT molecular complexity index is 929. The predicted molar refractivity (Wildman–Crippen MR) is 201 cm³/mol. The molecule has 0 aromatic heterocycles. The van der Waals surface area contributed by atoms with Crippen molar-refractivity contribution in [3.05, 3.63) is 36.5 Å². The van der Waals surface area contributed by atoms with Crippen LogP contribution in [0.5, 0.6) is 0 Å². The van der Waals surface area contributed by atoms with E-state index in [1.165, 1.54) is 77.0 Å². The molecule has 0 aliphatic carbocycles. The Labute approximate surface area is 307 Å². The van der Waals surface area contributed by atoms with Gasteiger partial charge in [0.1, 0.15) is 36.6 Å². The van der Waals surface area contributed by atoms with Gasteiger partial charge in [-0.1, -0.05) is 121 Å². The van der Waals surface area contributed by atoms with E-state index in [0.29, 0.717) is 12.8 Å². The Hall–Kier alpha value is -1.67. The van der Waals surface area contributed by atoms with E-state index in [1.807, 2.05) is 6.08 Å². The lowest BCUT2D eigenvalue weighted by molar-refractivity contribution is -0.303. The topological polar surface area (TPSA) is 189 Å². The smallest absolute Gasteiger partial charge is 0.249 e. The van der Waals surface area contributed by atoms with Gasteiger partial charge in [-0.05, 0) is 51.4 Å². The fraction of sp³-hybridized carbons (Fsp3) is 0.825. The Morgan fingerprint density at radius 3 is 1.82 bits per heavy atom. The minimum atomic E-state index is -1.68. The minimum absolute atomic E-state index is 0.0429. The van der Waals surface area contributed by atoms with E-state index in [0.717, 1.165) is 25.7 Å². The number of carbonyl (C=O) groups excluding carboxylic acids is 1. The number of carbonyl (C=O) groups is 1. The molecule has 0 radical (unpaired) electrons. The summed E-state index contributed by atoms with van der Waals surface area (Å²) < 4.78 is 11.0. The van der Waals surface area contributed by atoms with Crippen LogP contribution in [0, 0.1) is 0 Å². The van der Waals surface area contributed by atoms with Gasteiger partial charge in [0.2, 0.25) is 5.91 Å². The van der Waals surface area contributed by atoms with Crippen molar-refractivity contribution in [2.24, 2.45) is 0 Å². The second-order valence-electron chi connectivity index (χ2n) is 14.0. The molecule has 8 N–H and O–H groups in total. The van der Waals surface area contributed by atoms with Crippen LogP contribution in [0.2, 0.25) is 0 Å². The SMILES string of the molecule is CCCCCCCC/C=C\C/C=C\CC(O)C(=O)NC(COC1OC(CO)C(O)C(O)C1O)C(O)C(O)CCC/C=C/CCCCCCCCC. The summed E-state index contributed by atoms with van der Waals surface area (Å²) in [5.41, 5.74) is 0. The molecular formula is C40H73NO10. The molecule has 0 aromatic rings. The lowest BCUT2D eigenvalue weighted by Crippen LogP contribution is -2.60. The maximum atomic E-state index is 12.9. The summed E-state index contributed by atoms with van der Waals surface area (Å²) in [5, 5.41) is 75.0. The summed E-state index contributed by atoms with van der Waals surface area (Å²) in [7, 11) is 0. The average Bonchev–Trinajstić information content (AvgIpc) is 3.13. The number of nitrogens with one attached hydrogen (secondary N) is 1. The lowest BCUT2D eigenvalue weighted by atomic mass is 9.99. The molecule has 0 spiro atoms. The molecule has 1 saturated heterocycles. The quantitative estimate of drug-likeness (QED) is 0.0361. The van der Waals surface area contributed by atoms with Crippen LogP contribution in [0.25, 0.3) is 0 Å². The van der Waals surface area contributed by atoms with Gasteiger partial charge in [-0.15, -0.1) is 0 Å². The third-order valence-electron chi connectivity index (χ3n) is 9.43. The number of unbranched alkanes of at least 4 members (excludes halogenated alkanes) is 14. The molecule has 1 heterocycles. The van der Waals surface area contributed by atoms with E-state index in [4.69, 9.17) is 9.47 Å². The van der Waals surface area contributed by atoms with Gasteiger partial charge >= 0.3 is 0 Å². The molecule has 0 saturated carbocycles. The van der Waals surface area contributed by atoms with Crippen molar-refractivity contribution in [2.75, 3.05) is 13.2 Å². The number of aliphatic hydroxyl groups is 7. The molecule has 0 bridgehead atoms. The molecule has 1 aliphatic heterocycles. The molecule has 1 fully saturated rings. The van der Waals surface area contributed by atoms with Crippen LogP contribution in [0.15, 0.2) is 36.5 Å². The summed E-state index contributed by atoms with van der Waals surface area (Å²) in [6, 6.07) is -1.21. The van der Waals surface area contributed by atoms with Crippen molar-refractivity contribution in [1.82, 2.24) is 5.32 Å². The first-order valence-corrected chi connectivity index (χ1v) is 19.9. The van der Waals surface area contributed by atoms with Gasteiger partial charge in [-0.25, -0.2) is 0 Å². The zero-order chi connectivity index (χ0) is 37.7. The van der Waals surface area contributed by atoms with Gasteiger partial charge in [0.25, 0.3) is 0 Å². The summed E-state index contributed by atoms with van der Waals surface area (Å²) in [5.74, 6) is -0.778. The van der Waals surface area contributed by atoms with Crippen molar-refractivity contribution in [2.45, 2.75) is 197 Å². The number of aliphatic hydroxyl groups excluding tert-OH is 7. The van der Waals surface area contributed by atoms with Crippen LogP contribution in [0.3, 0.4) is 0 Å². The van der Waals surface area contributed by atoms with Gasteiger partial charge in [-0.2, -0.15) is 0 Å². The molecule has 51 heavy (non-hydrogen) atoms. The normalized spacial score (nSPS) is 23.7. The third-order valence-corrected chi connectivity index (χ3v) is 9.43. The van der Waals surface area contributed by atoms with E-state index in [2.05, 4.69) is 43.5 Å². The van der Waals surface area contributed by atoms with Gasteiger partial charge in [0.15, 0.2) is 6.29 Å². The number of rotatable bonds is 31. The number of hydrogen-bond acceptors (Lipinski definition) is 10. The summed E-state index contributed by atoms with van der Waals surface area (Å²) in [4.78, 5) is 12.9. The molecule has 11 nitrogen and oxygen atoms in total. The third kappa shape index (κ3) is 21.6. The average molecular weight is 728 g/mol. The fourth-order valence-electron chi connectivity index (χ4n) is 6.01. The fourth-order valence-corrected chi connectivity index (χ4v) is 6.01. The lowest BCUT2D eigenvalue weighted by Gasteiger charge is -2.40. The van der Waals surface area contributed by atoms with Crippen molar-refractivity contribution >= 4 is 5.91 Å². The largest absolute Gasteiger partial charge is 0.394 e. The van der Waals surface area contributed by atoms with Crippen LogP contribution < -0.4 is 5.32 Å². The zero-order valence-corrected chi connectivity index (χ0v) is 31.6. The van der Waals surface area contributed by atoms with Crippen molar-refractivity contribution in [3.63, 3.8) is 0 Å². The van der Waals surface area contributed by atoms with Crippen molar-refractivity contribution < 1.29 is 50.0 Å². The van der Waals surface area contributed by atoms with Crippen molar-refractivity contribution in [3.8, 4) is 0 Å². The van der Waals surface area contributed by atoms with Crippen molar-refractivity contribution in [1.29, 1.82) is 0 Å². The van der Waals surface area contributed by atoms with Crippen LogP contribution in [-0.2, 0) is 14.3 Å². The first kappa shape index (κ1) is 47.4. The monoisotopic (exact) mass is 728 g/mol. The molecule has 9 atom stereocenters. The minimum Gasteiger partial charge on any atom is -0.394 e. The molecule has 9 unspecified atom stereocenters. The molecule has 298 valence electrons. The van der Waals surface area contributed by atoms with E-state index in [1.54, 1.807) is 6.08 Å². The first-order chi connectivity index (χ1) is 24.7. The van der Waals surface area contributed by atoms with Gasteiger partial charge in [0, 0.05) is 6.42 Å². The first-order valence-electron chi connectivity index (χ1n) is 19.9. The predicted octanol–water partition coefficient (Wildman–Crippen LogP) is 4.88. The highest BCUT2D eigenvalue weighted by atomic mass is 16.7. The Morgan fingerprint density at radius 1 is 0.706 bits per heavy atom. The van der Waals surface area contributed by atoms with Crippen LogP contribution in [0.4, 0.5) is 0 Å². The molecule has 0 aromatic carbocycles. The Balaban J connectivity index is 2.64. The van der Waals surface area contributed by atoms with E-state index in [9.17, 15) is 40.5 Å². The highest BCUT2D eigenvalue weighted by Crippen LogP contribution is 2.23. The van der Waals surface area contributed by atoms with Crippen LogP contribution in [0.1, 0.15) is 142 Å². The standard InChI is InChI=1S/C40H73NO10/c1-3-5-7-9-11-13-15-17-19-21-23-25-27-32(43)35(45)31(30-50-40-38(48)37(47)36(46)34(29-42)51-40)41-39(49)33(44)28-26-24-22-20-18-16-14-12-10-8-6-4-2/h18-21,24,26,31-38,40,42-48H,3-17,22-23,25,27-30H2,1-2H3,(H,41,49)/b20-18-,21-19+,26-24-. The van der Waals surface area contributed by atoms with Gasteiger partial charge < -0.3 is 50.5 Å². The van der Waals surface area contributed by atoms with E-state index in [-0.39, 0.29) is 12.8 Å². The summed E-state index contributed by atoms with van der Waals surface area (Å²) in [6.07, 6.45) is 20.9. The maximum Gasteiger partial charge on any atom is 0.249 e. The number of hydrogen-bond donors (Lipinski definition) is 8. The second-order valence-corrected chi connectivity index (χ2v) is 14.0. The highest BCUT2D eigenvalue weighted by molar-refractivity contribution is 5.81. The Kier molecular flexibility index (Phi) is 28.6. The molecular weight excluding hydrogens is 654 g/mol. The number of allylic oxidation sites excluding steroid dienone is 5. The second kappa shape index (κ2) is 30.8. The van der Waals surface area contributed by atoms with E-state index >= 15 is 0 Å². The molecule has 11 heteroatoms. The van der Waals surface area contributed by atoms with E-state index < -0.39 is 74.2 Å². The highest BCUT2D eigenvalue weighted by Gasteiger charge is 2.44. The molecule has 1 aliphatic rings. The number of amides is 1. The molecule has 1 rings (SSSR count). The van der Waals surface area contributed by atoms with Crippen LogP contribution >= 0.6 is 0 Å². The zero-order valence-electron chi connectivity index (χ0n) is 31.6. The number of ether oxygens (including phenoxy) is 2.